The molecule has 0 aliphatic carbocycles. The van der Waals surface area contributed by atoms with Gasteiger partial charge >= 0.3 is 5.97 Å². The van der Waals surface area contributed by atoms with E-state index >= 15 is 0 Å². The largest absolute Gasteiger partial charge is 0.480 e. The highest BCUT2D eigenvalue weighted by molar-refractivity contribution is 7.89. The van der Waals surface area contributed by atoms with Crippen LogP contribution >= 0.6 is 0 Å². The Morgan fingerprint density at radius 3 is 2.39 bits per heavy atom. The standard InChI is InChI=1S/C13H19N3O6S/c1-4-15(5-2)23(21,22)10-6-7-11(12(8-10)16(19)20)14-9(3)13(17)18/h6-9,14H,4-5H2,1-3H3,(H,17,18). The summed E-state index contributed by atoms with van der Waals surface area (Å²) in [6, 6.07) is 2.30. The first kappa shape index (κ1) is 18.8. The van der Waals surface area contributed by atoms with Gasteiger partial charge in [-0.15, -0.1) is 0 Å². The lowest BCUT2D eigenvalue weighted by molar-refractivity contribution is -0.384. The molecule has 0 fully saturated rings. The van der Waals surface area contributed by atoms with Crippen LogP contribution in [0.15, 0.2) is 23.1 Å². The number of carbonyl (C=O) groups is 1. The molecule has 0 aromatic heterocycles. The molecule has 0 aliphatic heterocycles. The molecule has 23 heavy (non-hydrogen) atoms. The predicted octanol–water partition coefficient (Wildman–Crippen LogP) is 1.51. The summed E-state index contributed by atoms with van der Waals surface area (Å²) in [6.07, 6.45) is 0. The molecule has 1 atom stereocenters. The van der Waals surface area contributed by atoms with Gasteiger partial charge in [-0.3, -0.25) is 14.9 Å². The van der Waals surface area contributed by atoms with Crippen molar-refractivity contribution < 1.29 is 23.2 Å². The molecule has 9 nitrogen and oxygen atoms in total. The van der Waals surface area contributed by atoms with Gasteiger partial charge in [0, 0.05) is 19.2 Å². The molecule has 128 valence electrons. The molecule has 1 aromatic rings. The molecule has 0 saturated carbocycles. The van der Waals surface area contributed by atoms with Gasteiger partial charge in [-0.1, -0.05) is 13.8 Å². The summed E-state index contributed by atoms with van der Waals surface area (Å²) >= 11 is 0. The molecule has 1 rings (SSSR count). The van der Waals surface area contributed by atoms with Gasteiger partial charge < -0.3 is 10.4 Å². The molecule has 0 spiro atoms. The van der Waals surface area contributed by atoms with Crippen molar-refractivity contribution in [1.29, 1.82) is 0 Å². The molecular weight excluding hydrogens is 326 g/mol. The smallest absolute Gasteiger partial charge is 0.325 e. The van der Waals surface area contributed by atoms with Gasteiger partial charge in [0.15, 0.2) is 0 Å². The predicted molar refractivity (Wildman–Crippen MR) is 83.9 cm³/mol. The van der Waals surface area contributed by atoms with Crippen LogP contribution in [0.25, 0.3) is 0 Å². The van der Waals surface area contributed by atoms with Gasteiger partial charge in [0.2, 0.25) is 10.0 Å². The minimum Gasteiger partial charge on any atom is -0.480 e. The highest BCUT2D eigenvalue weighted by Gasteiger charge is 2.26. The van der Waals surface area contributed by atoms with Gasteiger partial charge in [0.1, 0.15) is 11.7 Å². The van der Waals surface area contributed by atoms with Crippen molar-refractivity contribution >= 4 is 27.4 Å². The fourth-order valence-electron chi connectivity index (χ4n) is 1.95. The summed E-state index contributed by atoms with van der Waals surface area (Å²) in [7, 11) is -3.83. The lowest BCUT2D eigenvalue weighted by atomic mass is 10.2. The maximum atomic E-state index is 12.4. The summed E-state index contributed by atoms with van der Waals surface area (Å²) in [5, 5.41) is 22.5. The zero-order valence-electron chi connectivity index (χ0n) is 13.0. The summed E-state index contributed by atoms with van der Waals surface area (Å²) in [5.41, 5.74) is -0.547. The van der Waals surface area contributed by atoms with E-state index in [2.05, 4.69) is 5.32 Å². The van der Waals surface area contributed by atoms with E-state index in [9.17, 15) is 23.3 Å². The number of nitro benzene ring substituents is 1. The highest BCUT2D eigenvalue weighted by Crippen LogP contribution is 2.29. The van der Waals surface area contributed by atoms with Crippen LogP contribution < -0.4 is 5.32 Å². The van der Waals surface area contributed by atoms with Gasteiger partial charge in [-0.2, -0.15) is 4.31 Å². The van der Waals surface area contributed by atoms with Crippen molar-refractivity contribution in [2.45, 2.75) is 31.7 Å². The molecule has 1 unspecified atom stereocenters. The Balaban J connectivity index is 3.34. The Labute approximate surface area is 134 Å². The summed E-state index contributed by atoms with van der Waals surface area (Å²) < 4.78 is 26.0. The van der Waals surface area contributed by atoms with E-state index < -0.39 is 32.6 Å². The van der Waals surface area contributed by atoms with E-state index in [0.717, 1.165) is 6.07 Å². The quantitative estimate of drug-likeness (QED) is 0.539. The monoisotopic (exact) mass is 345 g/mol. The third kappa shape index (κ3) is 4.17. The second kappa shape index (κ2) is 7.38. The molecule has 1 aromatic carbocycles. The van der Waals surface area contributed by atoms with Crippen molar-refractivity contribution in [2.24, 2.45) is 0 Å². The molecule has 0 bridgehead atoms. The Bertz CT molecular complexity index is 700. The van der Waals surface area contributed by atoms with Crippen LogP contribution in [-0.4, -0.2) is 47.9 Å². The van der Waals surface area contributed by atoms with E-state index in [0.29, 0.717) is 0 Å². The first-order valence-corrected chi connectivity index (χ1v) is 8.37. The third-order valence-electron chi connectivity index (χ3n) is 3.25. The van der Waals surface area contributed by atoms with Crippen LogP contribution in [-0.2, 0) is 14.8 Å². The van der Waals surface area contributed by atoms with E-state index in [1.165, 1.54) is 23.4 Å². The van der Waals surface area contributed by atoms with Crippen molar-refractivity contribution in [3.05, 3.63) is 28.3 Å². The maximum Gasteiger partial charge on any atom is 0.325 e. The number of sulfonamides is 1. The van der Waals surface area contributed by atoms with Crippen LogP contribution in [0.2, 0.25) is 0 Å². The molecule has 0 radical (unpaired) electrons. The number of aliphatic carboxylic acids is 1. The average Bonchev–Trinajstić information content (AvgIpc) is 2.47. The molecule has 10 heteroatoms. The fourth-order valence-corrected chi connectivity index (χ4v) is 3.43. The van der Waals surface area contributed by atoms with Gasteiger partial charge in [-0.05, 0) is 19.1 Å². The highest BCUT2D eigenvalue weighted by atomic mass is 32.2. The molecule has 0 aliphatic rings. The molecular formula is C13H19N3O6S. The topological polar surface area (TPSA) is 130 Å². The van der Waals surface area contributed by atoms with Crippen molar-refractivity contribution in [3.63, 3.8) is 0 Å². The number of carboxylic acid groups (broad SMARTS) is 1. The Morgan fingerprint density at radius 1 is 1.39 bits per heavy atom. The number of hydrogen-bond donors (Lipinski definition) is 2. The van der Waals surface area contributed by atoms with E-state index in [1.807, 2.05) is 0 Å². The summed E-state index contributed by atoms with van der Waals surface area (Å²) in [6.45, 7) is 5.14. The maximum absolute atomic E-state index is 12.4. The van der Waals surface area contributed by atoms with Gasteiger partial charge in [0.25, 0.3) is 5.69 Å². The normalized spacial score (nSPS) is 12.9. The summed E-state index contributed by atoms with van der Waals surface area (Å²) in [4.78, 5) is 21.1. The summed E-state index contributed by atoms with van der Waals surface area (Å²) in [5.74, 6) is -1.18. The lowest BCUT2D eigenvalue weighted by Gasteiger charge is -2.19. The van der Waals surface area contributed by atoms with Crippen LogP contribution in [0, 0.1) is 10.1 Å². The Kier molecular flexibility index (Phi) is 6.05. The fraction of sp³-hybridized carbons (Fsp3) is 0.462. The number of benzene rings is 1. The van der Waals surface area contributed by atoms with E-state index in [1.54, 1.807) is 13.8 Å². The van der Waals surface area contributed by atoms with Crippen LogP contribution in [0.1, 0.15) is 20.8 Å². The average molecular weight is 345 g/mol. The number of hydrogen-bond acceptors (Lipinski definition) is 6. The molecule has 0 saturated heterocycles. The Morgan fingerprint density at radius 2 is 1.96 bits per heavy atom. The number of anilines is 1. The van der Waals surface area contributed by atoms with Crippen LogP contribution in [0.3, 0.4) is 0 Å². The number of nitro groups is 1. The minimum absolute atomic E-state index is 0.0524. The molecule has 0 heterocycles. The first-order chi connectivity index (χ1) is 10.6. The number of nitrogens with zero attached hydrogens (tertiary/aromatic N) is 2. The SMILES string of the molecule is CCN(CC)S(=O)(=O)c1ccc(NC(C)C(=O)O)c([N+](=O)[O-])c1. The second-order valence-corrected chi connectivity index (χ2v) is 6.67. The molecule has 2 N–H and O–H groups in total. The van der Waals surface area contributed by atoms with Crippen molar-refractivity contribution in [3.8, 4) is 0 Å². The lowest BCUT2D eigenvalue weighted by Crippen LogP contribution is -2.30. The third-order valence-corrected chi connectivity index (χ3v) is 5.30. The number of carboxylic acids is 1. The van der Waals surface area contributed by atoms with E-state index in [-0.39, 0.29) is 23.7 Å². The Hall–Kier alpha value is -2.20. The number of rotatable bonds is 8. The van der Waals surface area contributed by atoms with Gasteiger partial charge in [0.05, 0.1) is 9.82 Å². The van der Waals surface area contributed by atoms with Crippen LogP contribution in [0.4, 0.5) is 11.4 Å². The van der Waals surface area contributed by atoms with Crippen molar-refractivity contribution in [1.82, 2.24) is 4.31 Å². The molecule has 0 amide bonds. The zero-order valence-corrected chi connectivity index (χ0v) is 13.8. The minimum atomic E-state index is -3.83. The zero-order chi connectivity index (χ0) is 17.8. The van der Waals surface area contributed by atoms with Crippen molar-refractivity contribution in [2.75, 3.05) is 18.4 Å². The van der Waals surface area contributed by atoms with Gasteiger partial charge in [-0.25, -0.2) is 8.42 Å². The van der Waals surface area contributed by atoms with Crippen LogP contribution in [0.5, 0.6) is 0 Å². The first-order valence-electron chi connectivity index (χ1n) is 6.93. The number of nitrogens with one attached hydrogen (secondary N) is 1. The second-order valence-electron chi connectivity index (χ2n) is 4.73. The van der Waals surface area contributed by atoms with E-state index in [4.69, 9.17) is 5.11 Å².